The van der Waals surface area contributed by atoms with E-state index in [9.17, 15) is 23.1 Å². The van der Waals surface area contributed by atoms with Gasteiger partial charge in [0.15, 0.2) is 0 Å². The number of halogens is 3. The standard InChI is InChI=1S/C17H18F3NO2/c1-2-16(23)21-10-9-12(11-21)3-8-15(22)13-4-6-14(7-5-13)17(18,19)20/h2-8,12,15,22H,1,9-11H2/b8-3-. The fraction of sp³-hybridized carbons (Fsp3) is 0.353. The van der Waals surface area contributed by atoms with Crippen molar-refractivity contribution in [1.82, 2.24) is 4.90 Å². The van der Waals surface area contributed by atoms with Crippen LogP contribution in [0.3, 0.4) is 0 Å². The number of carbonyl (C=O) groups excluding carboxylic acids is 1. The maximum Gasteiger partial charge on any atom is 0.416 e. The Morgan fingerprint density at radius 1 is 1.35 bits per heavy atom. The monoisotopic (exact) mass is 325 g/mol. The van der Waals surface area contributed by atoms with Gasteiger partial charge in [-0.2, -0.15) is 13.2 Å². The molecule has 3 nitrogen and oxygen atoms in total. The van der Waals surface area contributed by atoms with Gasteiger partial charge in [-0.25, -0.2) is 0 Å². The number of nitrogens with zero attached hydrogens (tertiary/aromatic N) is 1. The lowest BCUT2D eigenvalue weighted by atomic mass is 10.0. The molecule has 1 aromatic rings. The van der Waals surface area contributed by atoms with Crippen LogP contribution < -0.4 is 0 Å². The molecular formula is C17H18F3NO2. The number of alkyl halides is 3. The van der Waals surface area contributed by atoms with Crippen molar-refractivity contribution in [2.24, 2.45) is 5.92 Å². The van der Waals surface area contributed by atoms with Crippen molar-refractivity contribution in [3.05, 3.63) is 60.2 Å². The van der Waals surface area contributed by atoms with Crippen molar-refractivity contribution in [2.45, 2.75) is 18.7 Å². The fourth-order valence-corrected chi connectivity index (χ4v) is 2.52. The van der Waals surface area contributed by atoms with Gasteiger partial charge in [-0.1, -0.05) is 30.9 Å². The van der Waals surface area contributed by atoms with E-state index in [0.29, 0.717) is 18.7 Å². The first-order valence-corrected chi connectivity index (χ1v) is 7.26. The Morgan fingerprint density at radius 2 is 2.00 bits per heavy atom. The molecule has 1 aliphatic heterocycles. The van der Waals surface area contributed by atoms with Crippen LogP contribution in [0.4, 0.5) is 13.2 Å². The van der Waals surface area contributed by atoms with Crippen molar-refractivity contribution in [1.29, 1.82) is 0 Å². The zero-order valence-corrected chi connectivity index (χ0v) is 12.5. The zero-order chi connectivity index (χ0) is 17.0. The van der Waals surface area contributed by atoms with E-state index in [0.717, 1.165) is 18.6 Å². The molecular weight excluding hydrogens is 307 g/mol. The van der Waals surface area contributed by atoms with E-state index in [1.807, 2.05) is 0 Å². The first kappa shape index (κ1) is 17.3. The maximum absolute atomic E-state index is 12.5. The van der Waals surface area contributed by atoms with Gasteiger partial charge in [0.25, 0.3) is 0 Å². The molecule has 0 radical (unpaired) electrons. The summed E-state index contributed by atoms with van der Waals surface area (Å²) in [6, 6.07) is 4.43. The number of carbonyl (C=O) groups is 1. The summed E-state index contributed by atoms with van der Waals surface area (Å²) in [7, 11) is 0. The van der Waals surface area contributed by atoms with Crippen LogP contribution >= 0.6 is 0 Å². The summed E-state index contributed by atoms with van der Waals surface area (Å²) in [5, 5.41) is 10.0. The molecule has 1 heterocycles. The molecule has 23 heavy (non-hydrogen) atoms. The molecule has 6 heteroatoms. The minimum Gasteiger partial charge on any atom is -0.384 e. The number of rotatable bonds is 4. The first-order valence-electron chi connectivity index (χ1n) is 7.26. The van der Waals surface area contributed by atoms with Crippen molar-refractivity contribution < 1.29 is 23.1 Å². The van der Waals surface area contributed by atoms with Crippen LogP contribution in [0, 0.1) is 5.92 Å². The average molecular weight is 325 g/mol. The normalized spacial score (nSPS) is 20.0. The van der Waals surface area contributed by atoms with Crippen LogP contribution in [-0.2, 0) is 11.0 Å². The average Bonchev–Trinajstić information content (AvgIpc) is 3.00. The molecule has 1 amide bonds. The van der Waals surface area contributed by atoms with E-state index >= 15 is 0 Å². The molecule has 2 rings (SSSR count). The summed E-state index contributed by atoms with van der Waals surface area (Å²) in [5.74, 6) is 0.00665. The quantitative estimate of drug-likeness (QED) is 0.681. The van der Waals surface area contributed by atoms with Crippen LogP contribution in [0.25, 0.3) is 0 Å². The smallest absolute Gasteiger partial charge is 0.384 e. The third kappa shape index (κ3) is 4.45. The number of benzene rings is 1. The molecule has 2 atom stereocenters. The van der Waals surface area contributed by atoms with Gasteiger partial charge in [-0.05, 0) is 36.1 Å². The number of hydrogen-bond donors (Lipinski definition) is 1. The van der Waals surface area contributed by atoms with Gasteiger partial charge in [0.2, 0.25) is 5.91 Å². The molecule has 0 aliphatic carbocycles. The molecule has 0 bridgehead atoms. The van der Waals surface area contributed by atoms with Crippen LogP contribution in [0.15, 0.2) is 49.1 Å². The lowest BCUT2D eigenvalue weighted by Gasteiger charge is -2.13. The summed E-state index contributed by atoms with van der Waals surface area (Å²) in [6.07, 6.45) is 0.0540. The van der Waals surface area contributed by atoms with Crippen LogP contribution in [0.1, 0.15) is 23.7 Å². The van der Waals surface area contributed by atoms with Gasteiger partial charge in [0.1, 0.15) is 0 Å². The maximum atomic E-state index is 12.5. The van der Waals surface area contributed by atoms with Crippen LogP contribution in [0.2, 0.25) is 0 Å². The lowest BCUT2D eigenvalue weighted by Crippen LogP contribution is -2.26. The summed E-state index contributed by atoms with van der Waals surface area (Å²) in [6.45, 7) is 4.63. The highest BCUT2D eigenvalue weighted by atomic mass is 19.4. The van der Waals surface area contributed by atoms with E-state index < -0.39 is 17.8 Å². The van der Waals surface area contributed by atoms with Gasteiger partial charge < -0.3 is 10.0 Å². The predicted octanol–water partition coefficient (Wildman–Crippen LogP) is 3.33. The van der Waals surface area contributed by atoms with E-state index in [-0.39, 0.29) is 11.8 Å². The number of hydrogen-bond acceptors (Lipinski definition) is 2. The number of likely N-dealkylation sites (tertiary alicyclic amines) is 1. The van der Waals surface area contributed by atoms with Gasteiger partial charge in [-0.15, -0.1) is 0 Å². The zero-order valence-electron chi connectivity index (χ0n) is 12.5. The molecule has 124 valence electrons. The summed E-state index contributed by atoms with van der Waals surface area (Å²) in [4.78, 5) is 13.1. The van der Waals surface area contributed by atoms with Crippen LogP contribution in [0.5, 0.6) is 0 Å². The molecule has 1 fully saturated rings. The van der Waals surface area contributed by atoms with E-state index in [2.05, 4.69) is 6.58 Å². The minimum absolute atomic E-state index is 0.121. The third-order valence-corrected chi connectivity index (χ3v) is 3.86. The Labute approximate surface area is 132 Å². The highest BCUT2D eigenvalue weighted by Gasteiger charge is 2.30. The number of amides is 1. The molecule has 0 spiro atoms. The van der Waals surface area contributed by atoms with Gasteiger partial charge in [0, 0.05) is 13.1 Å². The third-order valence-electron chi connectivity index (χ3n) is 3.86. The summed E-state index contributed by atoms with van der Waals surface area (Å²) >= 11 is 0. The van der Waals surface area contributed by atoms with E-state index in [4.69, 9.17) is 0 Å². The summed E-state index contributed by atoms with van der Waals surface area (Å²) in [5.41, 5.74) is -0.349. The van der Waals surface area contributed by atoms with Gasteiger partial charge >= 0.3 is 6.18 Å². The molecule has 1 aliphatic rings. The highest BCUT2D eigenvalue weighted by Crippen LogP contribution is 2.30. The van der Waals surface area contributed by atoms with Crippen molar-refractivity contribution in [3.63, 3.8) is 0 Å². The Balaban J connectivity index is 1.95. The molecule has 1 aromatic carbocycles. The predicted molar refractivity (Wildman–Crippen MR) is 80.4 cm³/mol. The molecule has 0 aromatic heterocycles. The molecule has 1 N–H and O–H groups in total. The number of aliphatic hydroxyl groups excluding tert-OH is 1. The van der Waals surface area contributed by atoms with Crippen LogP contribution in [-0.4, -0.2) is 29.0 Å². The second-order valence-corrected chi connectivity index (χ2v) is 5.49. The second kappa shape index (κ2) is 7.00. The Bertz CT molecular complexity index is 593. The number of aliphatic hydroxyl groups is 1. The summed E-state index contributed by atoms with van der Waals surface area (Å²) < 4.78 is 37.5. The highest BCUT2D eigenvalue weighted by molar-refractivity contribution is 5.87. The molecule has 2 unspecified atom stereocenters. The lowest BCUT2D eigenvalue weighted by molar-refractivity contribution is -0.137. The van der Waals surface area contributed by atoms with Crippen molar-refractivity contribution in [2.75, 3.05) is 13.1 Å². The minimum atomic E-state index is -4.38. The molecule has 1 saturated heterocycles. The Hall–Kier alpha value is -2.08. The van der Waals surface area contributed by atoms with E-state index in [1.54, 1.807) is 17.1 Å². The Kier molecular flexibility index (Phi) is 5.26. The van der Waals surface area contributed by atoms with Gasteiger partial charge in [0.05, 0.1) is 11.7 Å². The first-order chi connectivity index (χ1) is 10.8. The Morgan fingerprint density at radius 3 is 2.57 bits per heavy atom. The van der Waals surface area contributed by atoms with E-state index in [1.165, 1.54) is 18.2 Å². The van der Waals surface area contributed by atoms with Crippen molar-refractivity contribution in [3.8, 4) is 0 Å². The largest absolute Gasteiger partial charge is 0.416 e. The molecule has 0 saturated carbocycles. The fourth-order valence-electron chi connectivity index (χ4n) is 2.52. The van der Waals surface area contributed by atoms with Gasteiger partial charge in [-0.3, -0.25) is 4.79 Å². The second-order valence-electron chi connectivity index (χ2n) is 5.49. The topological polar surface area (TPSA) is 40.5 Å². The van der Waals surface area contributed by atoms with Crippen molar-refractivity contribution >= 4 is 5.91 Å². The SMILES string of the molecule is C=CC(=O)N1CCC(/C=C\C(O)c2ccc(C(F)(F)F)cc2)C1.